The van der Waals surface area contributed by atoms with Gasteiger partial charge >= 0.3 is 0 Å². The molecule has 0 unspecified atom stereocenters. The largest absolute Gasteiger partial charge is 0.485 e. The third kappa shape index (κ3) is 3.52. The molecule has 0 atom stereocenters. The SMILES string of the molecule is Cc1ccc(OCc2cscn2)c(CNC2CC2)n1. The maximum atomic E-state index is 5.83. The van der Waals surface area contributed by atoms with Crippen molar-refractivity contribution in [3.05, 3.63) is 40.1 Å². The monoisotopic (exact) mass is 275 g/mol. The smallest absolute Gasteiger partial charge is 0.142 e. The minimum absolute atomic E-state index is 0.505. The first-order valence-electron chi connectivity index (χ1n) is 6.51. The minimum Gasteiger partial charge on any atom is -0.485 e. The summed E-state index contributed by atoms with van der Waals surface area (Å²) >= 11 is 1.58. The van der Waals surface area contributed by atoms with Crippen LogP contribution in [-0.4, -0.2) is 16.0 Å². The average molecular weight is 275 g/mol. The Kier molecular flexibility index (Phi) is 3.75. The molecule has 1 aliphatic rings. The van der Waals surface area contributed by atoms with E-state index >= 15 is 0 Å². The van der Waals surface area contributed by atoms with E-state index < -0.39 is 0 Å². The number of pyridine rings is 1. The van der Waals surface area contributed by atoms with Gasteiger partial charge in [-0.3, -0.25) is 4.98 Å². The predicted octanol–water partition coefficient (Wildman–Crippen LogP) is 2.68. The first-order chi connectivity index (χ1) is 9.31. The molecule has 0 bridgehead atoms. The molecule has 0 aromatic carbocycles. The molecule has 1 fully saturated rings. The van der Waals surface area contributed by atoms with Crippen molar-refractivity contribution >= 4 is 11.3 Å². The lowest BCUT2D eigenvalue weighted by Crippen LogP contribution is -2.17. The maximum Gasteiger partial charge on any atom is 0.142 e. The van der Waals surface area contributed by atoms with Crippen LogP contribution in [0.2, 0.25) is 0 Å². The van der Waals surface area contributed by atoms with E-state index in [-0.39, 0.29) is 0 Å². The Hall–Kier alpha value is -1.46. The predicted molar refractivity (Wildman–Crippen MR) is 75.3 cm³/mol. The Morgan fingerprint density at radius 2 is 2.32 bits per heavy atom. The molecule has 2 aromatic heterocycles. The van der Waals surface area contributed by atoms with Gasteiger partial charge in [0.1, 0.15) is 12.4 Å². The Morgan fingerprint density at radius 1 is 1.42 bits per heavy atom. The maximum absolute atomic E-state index is 5.83. The van der Waals surface area contributed by atoms with Gasteiger partial charge in [-0.05, 0) is 31.9 Å². The molecule has 5 heteroatoms. The summed E-state index contributed by atoms with van der Waals surface area (Å²) in [4.78, 5) is 8.79. The lowest BCUT2D eigenvalue weighted by atomic mass is 10.2. The van der Waals surface area contributed by atoms with E-state index in [1.54, 1.807) is 11.3 Å². The topological polar surface area (TPSA) is 47.0 Å². The van der Waals surface area contributed by atoms with Crippen LogP contribution < -0.4 is 10.1 Å². The summed E-state index contributed by atoms with van der Waals surface area (Å²) in [5.41, 5.74) is 4.80. The number of aromatic nitrogens is 2. The standard InChI is InChI=1S/C14H17N3OS/c1-10-2-5-14(18-7-12-8-19-9-16-12)13(17-10)6-15-11-3-4-11/h2,5,8-9,11,15H,3-4,6-7H2,1H3. The van der Waals surface area contributed by atoms with Crippen molar-refractivity contribution in [3.8, 4) is 5.75 Å². The number of hydrogen-bond acceptors (Lipinski definition) is 5. The fourth-order valence-corrected chi connectivity index (χ4v) is 2.39. The Bertz CT molecular complexity index is 538. The van der Waals surface area contributed by atoms with Gasteiger partial charge in [0.15, 0.2) is 0 Å². The van der Waals surface area contributed by atoms with Gasteiger partial charge in [-0.25, -0.2) is 4.98 Å². The van der Waals surface area contributed by atoms with Gasteiger partial charge < -0.3 is 10.1 Å². The molecule has 0 spiro atoms. The van der Waals surface area contributed by atoms with Crippen LogP contribution in [0.5, 0.6) is 5.75 Å². The van der Waals surface area contributed by atoms with Crippen LogP contribution in [0.1, 0.15) is 29.9 Å². The van der Waals surface area contributed by atoms with E-state index in [0.29, 0.717) is 12.6 Å². The summed E-state index contributed by atoms with van der Waals surface area (Å²) in [6.07, 6.45) is 2.56. The second-order valence-corrected chi connectivity index (χ2v) is 5.54. The molecule has 0 radical (unpaired) electrons. The van der Waals surface area contributed by atoms with Crippen molar-refractivity contribution in [1.29, 1.82) is 0 Å². The lowest BCUT2D eigenvalue weighted by Gasteiger charge is -2.11. The zero-order valence-corrected chi connectivity index (χ0v) is 11.7. The molecule has 1 N–H and O–H groups in total. The van der Waals surface area contributed by atoms with Gasteiger partial charge in [0.25, 0.3) is 0 Å². The number of hydrogen-bond donors (Lipinski definition) is 1. The number of nitrogens with zero attached hydrogens (tertiary/aromatic N) is 2. The van der Waals surface area contributed by atoms with Crippen molar-refractivity contribution in [2.45, 2.75) is 39.0 Å². The molecule has 3 rings (SSSR count). The Balaban J connectivity index is 1.67. The molecule has 19 heavy (non-hydrogen) atoms. The number of thiazole rings is 1. The molecule has 100 valence electrons. The van der Waals surface area contributed by atoms with Crippen molar-refractivity contribution < 1.29 is 4.74 Å². The number of nitrogens with one attached hydrogen (secondary N) is 1. The van der Waals surface area contributed by atoms with Gasteiger partial charge in [-0.15, -0.1) is 11.3 Å². The molecule has 0 aliphatic heterocycles. The molecule has 1 aliphatic carbocycles. The van der Waals surface area contributed by atoms with E-state index in [2.05, 4.69) is 15.3 Å². The van der Waals surface area contributed by atoms with Crippen molar-refractivity contribution in [2.24, 2.45) is 0 Å². The molecular formula is C14H17N3OS. The third-order valence-corrected chi connectivity index (χ3v) is 3.70. The fourth-order valence-electron chi connectivity index (χ4n) is 1.84. The summed E-state index contributed by atoms with van der Waals surface area (Å²) in [5.74, 6) is 0.853. The van der Waals surface area contributed by atoms with Crippen LogP contribution in [0.4, 0.5) is 0 Å². The van der Waals surface area contributed by atoms with Crippen LogP contribution in [0, 0.1) is 6.92 Å². The van der Waals surface area contributed by atoms with Gasteiger partial charge in [-0.1, -0.05) is 0 Å². The van der Waals surface area contributed by atoms with Gasteiger partial charge in [-0.2, -0.15) is 0 Å². The highest BCUT2D eigenvalue weighted by molar-refractivity contribution is 7.07. The van der Waals surface area contributed by atoms with Crippen LogP contribution >= 0.6 is 11.3 Å². The summed E-state index contributed by atoms with van der Waals surface area (Å²) in [7, 11) is 0. The van der Waals surface area contributed by atoms with Gasteiger partial charge in [0.2, 0.25) is 0 Å². The highest BCUT2D eigenvalue weighted by Crippen LogP contribution is 2.22. The van der Waals surface area contributed by atoms with Crippen molar-refractivity contribution in [2.75, 3.05) is 0 Å². The molecule has 2 aromatic rings. The summed E-state index contributed by atoms with van der Waals surface area (Å²) in [6, 6.07) is 4.66. The first kappa shape index (κ1) is 12.6. The van der Waals surface area contributed by atoms with Crippen molar-refractivity contribution in [3.63, 3.8) is 0 Å². The van der Waals surface area contributed by atoms with Crippen LogP contribution in [0.3, 0.4) is 0 Å². The van der Waals surface area contributed by atoms with Crippen molar-refractivity contribution in [1.82, 2.24) is 15.3 Å². The first-order valence-corrected chi connectivity index (χ1v) is 7.45. The highest BCUT2D eigenvalue weighted by atomic mass is 32.1. The molecule has 0 amide bonds. The average Bonchev–Trinajstić information content (AvgIpc) is 3.10. The number of aryl methyl sites for hydroxylation is 1. The number of rotatable bonds is 6. The molecule has 0 saturated heterocycles. The zero-order chi connectivity index (χ0) is 13.1. The zero-order valence-electron chi connectivity index (χ0n) is 10.9. The van der Waals surface area contributed by atoms with E-state index in [0.717, 1.165) is 29.4 Å². The summed E-state index contributed by atoms with van der Waals surface area (Å²) < 4.78 is 5.83. The lowest BCUT2D eigenvalue weighted by molar-refractivity contribution is 0.296. The molecule has 2 heterocycles. The third-order valence-electron chi connectivity index (χ3n) is 3.07. The van der Waals surface area contributed by atoms with Crippen LogP contribution in [-0.2, 0) is 13.2 Å². The van der Waals surface area contributed by atoms with E-state index in [9.17, 15) is 0 Å². The minimum atomic E-state index is 0.505. The second kappa shape index (κ2) is 5.67. The molecular weight excluding hydrogens is 258 g/mol. The van der Waals surface area contributed by atoms with Crippen LogP contribution in [0.25, 0.3) is 0 Å². The van der Waals surface area contributed by atoms with E-state index in [1.807, 2.05) is 29.9 Å². The fraction of sp³-hybridized carbons (Fsp3) is 0.429. The van der Waals surface area contributed by atoms with E-state index in [1.165, 1.54) is 12.8 Å². The Morgan fingerprint density at radius 3 is 3.05 bits per heavy atom. The summed E-state index contributed by atoms with van der Waals surface area (Å²) in [6.45, 7) is 3.29. The normalized spacial score (nSPS) is 14.6. The quantitative estimate of drug-likeness (QED) is 0.880. The Labute approximate surface area is 116 Å². The second-order valence-electron chi connectivity index (χ2n) is 4.82. The molecule has 1 saturated carbocycles. The highest BCUT2D eigenvalue weighted by Gasteiger charge is 2.21. The van der Waals surface area contributed by atoms with E-state index in [4.69, 9.17) is 4.74 Å². The molecule has 4 nitrogen and oxygen atoms in total. The number of ether oxygens (including phenoxy) is 1. The van der Waals surface area contributed by atoms with Gasteiger partial charge in [0.05, 0.1) is 16.9 Å². The summed E-state index contributed by atoms with van der Waals surface area (Å²) in [5, 5.41) is 5.48. The van der Waals surface area contributed by atoms with Gasteiger partial charge in [0, 0.05) is 23.7 Å². The van der Waals surface area contributed by atoms with Crippen LogP contribution in [0.15, 0.2) is 23.0 Å².